The molecule has 9 atom stereocenters. The van der Waals surface area contributed by atoms with Crippen LogP contribution >= 0.6 is 36.3 Å². The van der Waals surface area contributed by atoms with Crippen LogP contribution in [-0.4, -0.2) is 164 Å². The maximum Gasteiger partial charge on any atom is 0.303 e. The Bertz CT molecular complexity index is 2600. The molecule has 18 N–H and O–H groups in total. The first-order valence-electron chi connectivity index (χ1n) is 26.5. The van der Waals surface area contributed by atoms with Gasteiger partial charge in [-0.15, -0.1) is 0 Å². The van der Waals surface area contributed by atoms with Crippen molar-refractivity contribution < 1.29 is 77.6 Å². The molecule has 2 aromatic rings. The van der Waals surface area contributed by atoms with E-state index in [2.05, 4.69) is 60.1 Å². The van der Waals surface area contributed by atoms with Gasteiger partial charge in [0.05, 0.1) is 36.1 Å². The molecule has 2 rings (SSSR count). The van der Waals surface area contributed by atoms with E-state index in [0.717, 1.165) is 11.9 Å². The molecule has 31 heteroatoms. The summed E-state index contributed by atoms with van der Waals surface area (Å²) in [7, 11) is 0. The van der Waals surface area contributed by atoms with Crippen LogP contribution in [0.1, 0.15) is 90.2 Å². The molecule has 0 radical (unpaired) electrons. The molecule has 0 aliphatic heterocycles. The maximum absolute atomic E-state index is 14.3. The molecule has 0 spiro atoms. The highest BCUT2D eigenvalue weighted by atomic mass is 32.2. The van der Waals surface area contributed by atoms with Crippen molar-refractivity contribution in [2.75, 3.05) is 17.1 Å². The number of aldehydes is 1. The van der Waals surface area contributed by atoms with Gasteiger partial charge in [0.25, 0.3) is 0 Å². The number of primary amides is 3. The lowest BCUT2D eigenvalue weighted by Crippen LogP contribution is -2.61. The van der Waals surface area contributed by atoms with Crippen LogP contribution in [0.2, 0.25) is 0 Å². The zero-order valence-electron chi connectivity index (χ0n) is 47.2. The molecule has 84 heavy (non-hydrogen) atoms. The summed E-state index contributed by atoms with van der Waals surface area (Å²) in [4.78, 5) is 172. The number of nitrogens with one attached hydrogen (secondary N) is 9. The maximum atomic E-state index is 14.3. The normalized spacial score (nSPS) is 14.4. The Morgan fingerprint density at radius 2 is 0.929 bits per heavy atom. The Kier molecular flexibility index (Phi) is 32.7. The number of phenols is 2. The molecular formula is C53H78N12O16S3. The highest BCUT2D eigenvalue weighted by Gasteiger charge is 2.37. The van der Waals surface area contributed by atoms with Crippen LogP contribution in [-0.2, 0) is 75.2 Å². The third-order valence-electron chi connectivity index (χ3n) is 12.2. The predicted molar refractivity (Wildman–Crippen MR) is 314 cm³/mol. The van der Waals surface area contributed by atoms with Gasteiger partial charge in [0, 0.05) is 25.0 Å². The zero-order valence-corrected chi connectivity index (χ0v) is 49.7. The molecule has 0 saturated carbocycles. The second-order valence-electron chi connectivity index (χ2n) is 20.4. The number of carbonyl (C=O) groups is 13. The molecule has 0 aromatic heterocycles. The van der Waals surface area contributed by atoms with Gasteiger partial charge in [-0.2, -0.15) is 24.4 Å². The SMILES string of the molecule is CSCSN[C@H](CS)C(=O)C(=O)[C@H](Cc1ccc(O)cc1)NC(=O)C(CC(N)=O)NC(=O)[C@H](CCC(=O)O)NC(=O)C(CC(C)C)NC(=O)[C@H](CCC(N)=O)NC(=O)C(Cc1ccc(O)cc1)NNC(CC(C)C)C(=O)N[C@H](C=O)CC(N)=O. The minimum Gasteiger partial charge on any atom is -0.508 e. The Balaban J connectivity index is 2.54. The molecule has 0 saturated heterocycles. The van der Waals surface area contributed by atoms with Crippen molar-refractivity contribution in [3.05, 3.63) is 59.7 Å². The summed E-state index contributed by atoms with van der Waals surface area (Å²) in [6.45, 7) is 6.91. The third-order valence-corrected chi connectivity index (χ3v) is 14.4. The van der Waals surface area contributed by atoms with Crippen LogP contribution < -0.4 is 64.7 Å². The van der Waals surface area contributed by atoms with Crippen molar-refractivity contribution >= 4 is 113 Å². The Morgan fingerprint density at radius 3 is 1.39 bits per heavy atom. The van der Waals surface area contributed by atoms with E-state index in [1.807, 2.05) is 6.26 Å². The summed E-state index contributed by atoms with van der Waals surface area (Å²) in [6, 6.07) is -2.25. The van der Waals surface area contributed by atoms with E-state index in [9.17, 15) is 77.6 Å². The van der Waals surface area contributed by atoms with Crippen LogP contribution in [0.25, 0.3) is 0 Å². The molecule has 0 aliphatic rings. The highest BCUT2D eigenvalue weighted by Crippen LogP contribution is 2.17. The summed E-state index contributed by atoms with van der Waals surface area (Å²) in [5.74, 6) is -13.4. The first-order chi connectivity index (χ1) is 39.6. The van der Waals surface area contributed by atoms with Crippen molar-refractivity contribution in [3.63, 3.8) is 0 Å². The van der Waals surface area contributed by atoms with Gasteiger partial charge in [0.1, 0.15) is 54.0 Å². The number of carboxylic acid groups (broad SMARTS) is 1. The number of amides is 9. The number of nitrogens with two attached hydrogens (primary N) is 3. The van der Waals surface area contributed by atoms with Crippen molar-refractivity contribution in [2.24, 2.45) is 29.0 Å². The van der Waals surface area contributed by atoms with Crippen molar-refractivity contribution in [1.82, 2.24) is 47.5 Å². The number of aliphatic carboxylic acids is 1. The first-order valence-corrected chi connectivity index (χ1v) is 29.5. The van der Waals surface area contributed by atoms with E-state index < -0.39 is 164 Å². The Labute approximate surface area is 499 Å². The molecule has 9 amide bonds. The Hall–Kier alpha value is -7.32. The third kappa shape index (κ3) is 27.8. The van der Waals surface area contributed by atoms with Crippen molar-refractivity contribution in [1.29, 1.82) is 0 Å². The van der Waals surface area contributed by atoms with Crippen molar-refractivity contribution in [3.8, 4) is 11.5 Å². The van der Waals surface area contributed by atoms with Gasteiger partial charge in [0.2, 0.25) is 64.7 Å². The van der Waals surface area contributed by atoms with Gasteiger partial charge < -0.3 is 69.2 Å². The van der Waals surface area contributed by atoms with Gasteiger partial charge in [0.15, 0.2) is 0 Å². The number of ketones is 2. The molecular weight excluding hydrogens is 1160 g/mol. The number of Topliss-reactive ketones (excluding diaryl/α,β-unsaturated/α-hetero) is 2. The average molecular weight is 1240 g/mol. The van der Waals surface area contributed by atoms with Crippen LogP contribution in [0.15, 0.2) is 48.5 Å². The molecule has 0 fully saturated rings. The fourth-order valence-corrected chi connectivity index (χ4v) is 9.48. The standard InChI is InChI=1S/C53H78N12O16S3/c1-27(2)18-37(61-48(76)34(14-16-42(54)69)59-53(81)40(21-30-8-12-33(68)13-9-30)64-63-39(19-28(3)4)52(80)57-31(24-66)22-43(55)70)50(78)58-35(15-17-45(72)73)49(77)62-38(23-44(56)71)51(79)60-36(20-29-6-10-32(67)11-7-29)46(74)47(75)41(25-82)65-84-26-83-5/h6-13,24,27-28,31,34-41,63-65,67-68,82H,14-23,25-26H2,1-5H3,(H2,54,69)(H2,55,70)(H2,56,71)(H,57,80)(H,58,78)(H,59,81)(H,60,79)(H,61,76)(H,62,77)(H,72,73)/t31-,34-,35-,36-,37?,38?,39?,40?,41+/m0/s1. The number of benzene rings is 2. The molecule has 0 aliphatic carbocycles. The number of carbonyl (C=O) groups excluding carboxylic acids is 12. The molecule has 464 valence electrons. The van der Waals surface area contributed by atoms with E-state index in [-0.39, 0.29) is 54.8 Å². The van der Waals surface area contributed by atoms with E-state index in [1.54, 1.807) is 27.7 Å². The number of hydrogen-bond acceptors (Lipinski definition) is 21. The number of rotatable bonds is 42. The van der Waals surface area contributed by atoms with E-state index in [1.165, 1.54) is 60.3 Å². The number of thioether (sulfide) groups is 1. The number of aromatic hydroxyl groups is 2. The topological polar surface area (TPSA) is 469 Å². The van der Waals surface area contributed by atoms with Crippen molar-refractivity contribution in [2.45, 2.75) is 146 Å². The summed E-state index contributed by atoms with van der Waals surface area (Å²) in [6.07, 6.45) is -2.04. The monoisotopic (exact) mass is 1230 g/mol. The number of hydrazine groups is 1. The van der Waals surface area contributed by atoms with E-state index >= 15 is 0 Å². The Morgan fingerprint density at radius 1 is 0.524 bits per heavy atom. The predicted octanol–water partition coefficient (Wildman–Crippen LogP) is -2.21. The number of hydrogen-bond donors (Lipinski definition) is 16. The van der Waals surface area contributed by atoms with Crippen LogP contribution in [0.3, 0.4) is 0 Å². The lowest BCUT2D eigenvalue weighted by Gasteiger charge is -2.29. The van der Waals surface area contributed by atoms with Gasteiger partial charge in [-0.05, 0) is 85.6 Å². The number of phenolic OH excluding ortho intramolecular Hbond substituents is 2. The minimum atomic E-state index is -1.90. The second kappa shape index (κ2) is 37.8. The van der Waals surface area contributed by atoms with Crippen LogP contribution in [0.4, 0.5) is 0 Å². The van der Waals surface area contributed by atoms with E-state index in [0.29, 0.717) is 22.5 Å². The second-order valence-corrected chi connectivity index (χ2v) is 22.8. The number of thiol groups is 1. The molecule has 0 heterocycles. The summed E-state index contributed by atoms with van der Waals surface area (Å²) in [5, 5.41) is 44.6. The van der Waals surface area contributed by atoms with Gasteiger partial charge in [-0.25, -0.2) is 10.9 Å². The fourth-order valence-electron chi connectivity index (χ4n) is 7.97. The van der Waals surface area contributed by atoms with Crippen LogP contribution in [0, 0.1) is 11.8 Å². The first kappa shape index (κ1) is 72.8. The fraction of sp³-hybridized carbons (Fsp3) is 0.528. The summed E-state index contributed by atoms with van der Waals surface area (Å²) >= 11 is 6.78. The molecule has 2 aromatic carbocycles. The summed E-state index contributed by atoms with van der Waals surface area (Å²) < 4.78 is 2.86. The smallest absolute Gasteiger partial charge is 0.303 e. The largest absolute Gasteiger partial charge is 0.508 e. The summed E-state index contributed by atoms with van der Waals surface area (Å²) in [5.41, 5.74) is 22.6. The zero-order chi connectivity index (χ0) is 63.2. The lowest BCUT2D eigenvalue weighted by molar-refractivity contribution is -0.140. The lowest BCUT2D eigenvalue weighted by atomic mass is 9.96. The average Bonchev–Trinajstić information content (AvgIpc) is 3.56. The quantitative estimate of drug-likeness (QED) is 0.00637. The minimum absolute atomic E-state index is 0.100. The highest BCUT2D eigenvalue weighted by molar-refractivity contribution is 8.14. The van der Waals surface area contributed by atoms with E-state index in [4.69, 9.17) is 17.2 Å². The molecule has 28 nitrogen and oxygen atoms in total. The molecule has 4 unspecified atom stereocenters. The number of carboxylic acids is 1. The van der Waals surface area contributed by atoms with Gasteiger partial charge in [-0.3, -0.25) is 62.3 Å². The van der Waals surface area contributed by atoms with Crippen LogP contribution in [0.5, 0.6) is 11.5 Å². The molecule has 0 bridgehead atoms. The van der Waals surface area contributed by atoms with Gasteiger partial charge in [-0.1, -0.05) is 63.9 Å². The van der Waals surface area contributed by atoms with Gasteiger partial charge >= 0.3 is 5.97 Å².